The van der Waals surface area contributed by atoms with Crippen LogP contribution in [0.4, 0.5) is 24.5 Å². The van der Waals surface area contributed by atoms with Crippen molar-refractivity contribution in [1.82, 2.24) is 4.98 Å². The molecule has 10 heteroatoms. The normalized spacial score (nSPS) is 10.9. The summed E-state index contributed by atoms with van der Waals surface area (Å²) in [6.07, 6.45) is -2.89. The number of aromatic nitrogens is 1. The van der Waals surface area contributed by atoms with Crippen molar-refractivity contribution in [3.05, 3.63) is 72.1 Å². The van der Waals surface area contributed by atoms with Gasteiger partial charge in [-0.2, -0.15) is 13.2 Å². The standard InChI is InChI=1S/C20H14F3N3O4/c21-20(22,23)12-2-1-3-15(10-12)30-14-6-4-13(5-7-14)26-19(29)17-18(28)16(25-11-27)8-9-24-17/h1-11,28H,(H,26,29)(H,24,25,27). The smallest absolute Gasteiger partial charge is 0.416 e. The Kier molecular flexibility index (Phi) is 5.86. The van der Waals surface area contributed by atoms with Crippen LogP contribution in [0.2, 0.25) is 0 Å². The highest BCUT2D eigenvalue weighted by atomic mass is 19.4. The molecule has 0 saturated heterocycles. The summed E-state index contributed by atoms with van der Waals surface area (Å²) >= 11 is 0. The number of nitrogens with zero attached hydrogens (tertiary/aromatic N) is 1. The molecule has 3 aromatic rings. The minimum Gasteiger partial charge on any atom is -0.504 e. The minimum absolute atomic E-state index is 0.00947. The number of amides is 2. The Bertz CT molecular complexity index is 1070. The van der Waals surface area contributed by atoms with Gasteiger partial charge in [0, 0.05) is 11.9 Å². The molecule has 3 N–H and O–H groups in total. The predicted octanol–water partition coefficient (Wildman–Crippen LogP) is 4.42. The van der Waals surface area contributed by atoms with E-state index in [1.54, 1.807) is 0 Å². The average molecular weight is 417 g/mol. The van der Waals surface area contributed by atoms with Crippen LogP contribution in [0.3, 0.4) is 0 Å². The van der Waals surface area contributed by atoms with Crippen LogP contribution in [-0.4, -0.2) is 22.4 Å². The lowest BCUT2D eigenvalue weighted by atomic mass is 10.2. The van der Waals surface area contributed by atoms with Crippen LogP contribution in [0.1, 0.15) is 16.1 Å². The van der Waals surface area contributed by atoms with Gasteiger partial charge in [-0.15, -0.1) is 0 Å². The van der Waals surface area contributed by atoms with Crippen molar-refractivity contribution in [2.75, 3.05) is 10.6 Å². The highest BCUT2D eigenvalue weighted by Crippen LogP contribution is 2.33. The van der Waals surface area contributed by atoms with Gasteiger partial charge in [0.25, 0.3) is 5.91 Å². The summed E-state index contributed by atoms with van der Waals surface area (Å²) in [5.41, 5.74) is -0.782. The van der Waals surface area contributed by atoms with Gasteiger partial charge in [-0.3, -0.25) is 9.59 Å². The molecule has 0 spiro atoms. The van der Waals surface area contributed by atoms with Crippen LogP contribution >= 0.6 is 0 Å². The Morgan fingerprint density at radius 2 is 1.80 bits per heavy atom. The Balaban J connectivity index is 1.70. The maximum Gasteiger partial charge on any atom is 0.416 e. The summed E-state index contributed by atoms with van der Waals surface area (Å²) in [4.78, 5) is 26.6. The number of hydrogen-bond acceptors (Lipinski definition) is 5. The average Bonchev–Trinajstić information content (AvgIpc) is 2.71. The predicted molar refractivity (Wildman–Crippen MR) is 102 cm³/mol. The van der Waals surface area contributed by atoms with E-state index in [9.17, 15) is 27.9 Å². The molecular formula is C20H14F3N3O4. The van der Waals surface area contributed by atoms with E-state index in [0.29, 0.717) is 12.1 Å². The van der Waals surface area contributed by atoms with Crippen LogP contribution in [0.5, 0.6) is 17.2 Å². The van der Waals surface area contributed by atoms with E-state index in [4.69, 9.17) is 4.74 Å². The molecule has 1 heterocycles. The van der Waals surface area contributed by atoms with Crippen molar-refractivity contribution in [2.45, 2.75) is 6.18 Å². The molecule has 3 rings (SSSR count). The van der Waals surface area contributed by atoms with Crippen LogP contribution in [0.25, 0.3) is 0 Å². The number of halogens is 3. The number of hydrogen-bond donors (Lipinski definition) is 3. The van der Waals surface area contributed by atoms with Crippen LogP contribution in [-0.2, 0) is 11.0 Å². The number of anilines is 2. The van der Waals surface area contributed by atoms with Gasteiger partial charge in [0.05, 0.1) is 11.3 Å². The second-order valence-electron chi connectivity index (χ2n) is 5.92. The number of ether oxygens (including phenoxy) is 1. The van der Waals surface area contributed by atoms with Crippen molar-refractivity contribution >= 4 is 23.7 Å². The second kappa shape index (κ2) is 8.52. The van der Waals surface area contributed by atoms with E-state index in [0.717, 1.165) is 12.1 Å². The molecule has 0 aliphatic carbocycles. The van der Waals surface area contributed by atoms with Gasteiger partial charge in [-0.1, -0.05) is 6.07 Å². The molecule has 7 nitrogen and oxygen atoms in total. The quantitative estimate of drug-likeness (QED) is 0.516. The third kappa shape index (κ3) is 4.85. The van der Waals surface area contributed by atoms with E-state index in [1.807, 2.05) is 0 Å². The highest BCUT2D eigenvalue weighted by molar-refractivity contribution is 6.06. The summed E-state index contributed by atoms with van der Waals surface area (Å²) in [6.45, 7) is 0. The molecular weight excluding hydrogens is 403 g/mol. The van der Waals surface area contributed by atoms with Crippen molar-refractivity contribution < 1.29 is 32.6 Å². The van der Waals surface area contributed by atoms with Gasteiger partial charge in [0.2, 0.25) is 6.41 Å². The summed E-state index contributed by atoms with van der Waals surface area (Å²) in [5, 5.41) is 14.8. The van der Waals surface area contributed by atoms with Crippen LogP contribution in [0, 0.1) is 0 Å². The minimum atomic E-state index is -4.48. The van der Waals surface area contributed by atoms with Crippen molar-refractivity contribution in [1.29, 1.82) is 0 Å². The molecule has 0 aliphatic heterocycles. The second-order valence-corrected chi connectivity index (χ2v) is 5.92. The van der Waals surface area contributed by atoms with Crippen LogP contribution < -0.4 is 15.4 Å². The van der Waals surface area contributed by atoms with E-state index in [1.165, 1.54) is 48.7 Å². The fraction of sp³-hybridized carbons (Fsp3) is 0.0500. The molecule has 0 radical (unpaired) electrons. The fourth-order valence-corrected chi connectivity index (χ4v) is 2.47. The van der Waals surface area contributed by atoms with Gasteiger partial charge in [0.15, 0.2) is 11.4 Å². The van der Waals surface area contributed by atoms with Gasteiger partial charge in [0.1, 0.15) is 11.5 Å². The monoisotopic (exact) mass is 417 g/mol. The molecule has 0 atom stereocenters. The largest absolute Gasteiger partial charge is 0.504 e. The van der Waals surface area contributed by atoms with Gasteiger partial charge >= 0.3 is 6.18 Å². The zero-order valence-electron chi connectivity index (χ0n) is 15.1. The molecule has 30 heavy (non-hydrogen) atoms. The molecule has 2 amide bonds. The summed E-state index contributed by atoms with van der Waals surface area (Å²) in [7, 11) is 0. The first-order valence-electron chi connectivity index (χ1n) is 8.42. The lowest BCUT2D eigenvalue weighted by Gasteiger charge is -2.11. The van der Waals surface area contributed by atoms with E-state index < -0.39 is 23.4 Å². The van der Waals surface area contributed by atoms with E-state index in [2.05, 4.69) is 15.6 Å². The molecule has 154 valence electrons. The lowest BCUT2D eigenvalue weighted by Crippen LogP contribution is -2.14. The van der Waals surface area contributed by atoms with Crippen molar-refractivity contribution in [2.24, 2.45) is 0 Å². The number of carbonyl (C=O) groups excluding carboxylic acids is 2. The summed E-state index contributed by atoms with van der Waals surface area (Å²) in [6, 6.07) is 11.6. The third-order valence-electron chi connectivity index (χ3n) is 3.86. The molecule has 0 unspecified atom stereocenters. The molecule has 0 fully saturated rings. The number of pyridine rings is 1. The van der Waals surface area contributed by atoms with Gasteiger partial charge < -0.3 is 20.5 Å². The first kappa shape index (κ1) is 20.6. The number of benzene rings is 2. The first-order chi connectivity index (χ1) is 14.3. The summed E-state index contributed by atoms with van der Waals surface area (Å²) < 4.78 is 43.7. The van der Waals surface area contributed by atoms with E-state index in [-0.39, 0.29) is 22.9 Å². The van der Waals surface area contributed by atoms with Crippen molar-refractivity contribution in [3.8, 4) is 17.2 Å². The fourth-order valence-electron chi connectivity index (χ4n) is 2.47. The van der Waals surface area contributed by atoms with E-state index >= 15 is 0 Å². The third-order valence-corrected chi connectivity index (χ3v) is 3.86. The van der Waals surface area contributed by atoms with Gasteiger partial charge in [-0.05, 0) is 48.5 Å². The Morgan fingerprint density at radius 3 is 2.47 bits per heavy atom. The lowest BCUT2D eigenvalue weighted by molar-refractivity contribution is -0.137. The number of alkyl halides is 3. The molecule has 0 aliphatic rings. The van der Waals surface area contributed by atoms with Gasteiger partial charge in [-0.25, -0.2) is 4.98 Å². The first-order valence-corrected chi connectivity index (χ1v) is 8.42. The Hall–Kier alpha value is -4.08. The maximum absolute atomic E-state index is 12.8. The molecule has 0 bridgehead atoms. The highest BCUT2D eigenvalue weighted by Gasteiger charge is 2.30. The number of nitrogens with one attached hydrogen (secondary N) is 2. The zero-order chi connectivity index (χ0) is 21.7. The maximum atomic E-state index is 12.8. The number of carbonyl (C=O) groups is 2. The van der Waals surface area contributed by atoms with Crippen LogP contribution in [0.15, 0.2) is 60.8 Å². The zero-order valence-corrected chi connectivity index (χ0v) is 15.1. The number of rotatable bonds is 6. The SMILES string of the molecule is O=CNc1ccnc(C(=O)Nc2ccc(Oc3cccc(C(F)(F)F)c3)cc2)c1O. The topological polar surface area (TPSA) is 101 Å². The Labute approximate surface area is 168 Å². The Morgan fingerprint density at radius 1 is 1.07 bits per heavy atom. The molecule has 0 saturated carbocycles. The summed E-state index contributed by atoms with van der Waals surface area (Å²) in [5.74, 6) is -0.958. The molecule has 2 aromatic carbocycles. The molecule has 1 aromatic heterocycles. The van der Waals surface area contributed by atoms with Crippen molar-refractivity contribution in [3.63, 3.8) is 0 Å². The number of aromatic hydroxyl groups is 1.